The molecule has 2 rings (SSSR count). The van der Waals surface area contributed by atoms with Crippen LogP contribution in [0.1, 0.15) is 38.2 Å². The van der Waals surface area contributed by atoms with Crippen LogP contribution >= 0.6 is 11.8 Å². The summed E-state index contributed by atoms with van der Waals surface area (Å²) < 4.78 is 3.72. The average molecular weight is 322 g/mol. The topological polar surface area (TPSA) is 77.6 Å². The fraction of sp³-hybridized carbons (Fsp3) is 0.571. The number of anilines is 1. The van der Waals surface area contributed by atoms with E-state index in [2.05, 4.69) is 34.5 Å². The lowest BCUT2D eigenvalue weighted by Gasteiger charge is -2.14. The molecule has 0 aliphatic heterocycles. The van der Waals surface area contributed by atoms with E-state index in [1.54, 1.807) is 11.0 Å². The van der Waals surface area contributed by atoms with Gasteiger partial charge in [0.25, 0.3) is 0 Å². The minimum Gasteiger partial charge on any atom is -0.322 e. The monoisotopic (exact) mass is 322 g/mol. The number of nitrogens with one attached hydrogen (secondary N) is 1. The first-order valence-corrected chi connectivity index (χ1v) is 8.06. The minimum absolute atomic E-state index is 0.0671. The molecule has 0 radical (unpaired) electrons. The molecule has 0 spiro atoms. The molecule has 7 nitrogen and oxygen atoms in total. The van der Waals surface area contributed by atoms with Gasteiger partial charge in [0.1, 0.15) is 6.33 Å². The smallest absolute Gasteiger partial charge is 0.237 e. The van der Waals surface area contributed by atoms with Gasteiger partial charge in [-0.15, -0.1) is 10.2 Å². The summed E-state index contributed by atoms with van der Waals surface area (Å²) in [5.41, 5.74) is 2.54. The number of carbonyl (C=O) groups is 1. The van der Waals surface area contributed by atoms with E-state index in [0.29, 0.717) is 0 Å². The van der Waals surface area contributed by atoms with Crippen LogP contribution in [0.2, 0.25) is 0 Å². The fourth-order valence-electron chi connectivity index (χ4n) is 2.06. The summed E-state index contributed by atoms with van der Waals surface area (Å²) in [5, 5.41) is 15.7. The Labute approximate surface area is 134 Å². The van der Waals surface area contributed by atoms with Gasteiger partial charge in [0.2, 0.25) is 5.91 Å². The zero-order valence-corrected chi connectivity index (χ0v) is 14.6. The van der Waals surface area contributed by atoms with Gasteiger partial charge in [0.15, 0.2) is 5.16 Å². The molecule has 1 atom stereocenters. The van der Waals surface area contributed by atoms with Crippen LogP contribution in [0.5, 0.6) is 0 Å². The Kier molecular flexibility index (Phi) is 4.90. The Hall–Kier alpha value is -1.83. The number of nitrogens with zero attached hydrogens (tertiary/aromatic N) is 5. The number of hydrogen-bond donors (Lipinski definition) is 1. The molecule has 1 amide bonds. The molecule has 2 heterocycles. The number of aryl methyl sites for hydroxylation is 2. The van der Waals surface area contributed by atoms with Crippen LogP contribution in [0, 0.1) is 13.8 Å². The molecule has 22 heavy (non-hydrogen) atoms. The van der Waals surface area contributed by atoms with Crippen molar-refractivity contribution in [3.05, 3.63) is 17.7 Å². The molecule has 0 unspecified atom stereocenters. The lowest BCUT2D eigenvalue weighted by atomic mass is 10.3. The highest BCUT2D eigenvalue weighted by atomic mass is 32.2. The molecule has 0 saturated heterocycles. The van der Waals surface area contributed by atoms with Crippen molar-refractivity contribution in [3.63, 3.8) is 0 Å². The first-order chi connectivity index (χ1) is 10.3. The van der Waals surface area contributed by atoms with Crippen molar-refractivity contribution in [3.8, 4) is 0 Å². The second-order valence-electron chi connectivity index (χ2n) is 5.53. The molecular weight excluding hydrogens is 300 g/mol. The number of carbonyl (C=O) groups excluding carboxylic acids is 1. The zero-order chi connectivity index (χ0) is 16.4. The van der Waals surface area contributed by atoms with Crippen molar-refractivity contribution in [2.75, 3.05) is 5.32 Å². The van der Waals surface area contributed by atoms with Crippen LogP contribution in [0.3, 0.4) is 0 Å². The molecule has 0 saturated carbocycles. The zero-order valence-electron chi connectivity index (χ0n) is 13.8. The quantitative estimate of drug-likeness (QED) is 0.855. The van der Waals surface area contributed by atoms with Crippen LogP contribution in [-0.4, -0.2) is 35.7 Å². The third kappa shape index (κ3) is 3.32. The van der Waals surface area contributed by atoms with Gasteiger partial charge in [-0.25, -0.2) is 0 Å². The van der Waals surface area contributed by atoms with Crippen LogP contribution in [0.15, 0.2) is 11.5 Å². The SMILES string of the molecule is Cc1nn(C)c(C)c1NC(=O)[C@H](C)Sc1nncn1C(C)C. The van der Waals surface area contributed by atoms with Crippen LogP contribution in [-0.2, 0) is 11.8 Å². The Morgan fingerprint density at radius 2 is 2.00 bits per heavy atom. The maximum atomic E-state index is 12.4. The van der Waals surface area contributed by atoms with Gasteiger partial charge in [-0.3, -0.25) is 9.48 Å². The molecular formula is C14H22N6OS. The maximum Gasteiger partial charge on any atom is 0.237 e. The van der Waals surface area contributed by atoms with Gasteiger partial charge in [0.05, 0.1) is 22.3 Å². The van der Waals surface area contributed by atoms with Crippen molar-refractivity contribution >= 4 is 23.4 Å². The average Bonchev–Trinajstić information content (AvgIpc) is 2.99. The molecule has 0 aliphatic rings. The van der Waals surface area contributed by atoms with E-state index in [0.717, 1.165) is 22.2 Å². The lowest BCUT2D eigenvalue weighted by Crippen LogP contribution is -2.23. The van der Waals surface area contributed by atoms with Crippen molar-refractivity contribution in [2.24, 2.45) is 7.05 Å². The van der Waals surface area contributed by atoms with Crippen LogP contribution < -0.4 is 5.32 Å². The summed E-state index contributed by atoms with van der Waals surface area (Å²) in [6, 6.07) is 0.260. The van der Waals surface area contributed by atoms with Crippen molar-refractivity contribution < 1.29 is 4.79 Å². The largest absolute Gasteiger partial charge is 0.322 e. The molecule has 120 valence electrons. The van der Waals surface area contributed by atoms with E-state index >= 15 is 0 Å². The minimum atomic E-state index is -0.277. The van der Waals surface area contributed by atoms with Gasteiger partial charge < -0.3 is 9.88 Å². The van der Waals surface area contributed by atoms with Crippen LogP contribution in [0.25, 0.3) is 0 Å². The summed E-state index contributed by atoms with van der Waals surface area (Å²) in [7, 11) is 1.86. The van der Waals surface area contributed by atoms with Gasteiger partial charge >= 0.3 is 0 Å². The Morgan fingerprint density at radius 3 is 2.55 bits per heavy atom. The van der Waals surface area contributed by atoms with Crippen molar-refractivity contribution in [2.45, 2.75) is 51.1 Å². The van der Waals surface area contributed by atoms with E-state index in [1.807, 2.05) is 32.4 Å². The Bertz CT molecular complexity index is 675. The van der Waals surface area contributed by atoms with Crippen molar-refractivity contribution in [1.82, 2.24) is 24.5 Å². The van der Waals surface area contributed by atoms with Gasteiger partial charge in [-0.1, -0.05) is 11.8 Å². The van der Waals surface area contributed by atoms with E-state index in [4.69, 9.17) is 0 Å². The summed E-state index contributed by atoms with van der Waals surface area (Å²) in [6.45, 7) is 9.79. The normalized spacial score (nSPS) is 12.7. The van der Waals surface area contributed by atoms with Gasteiger partial charge in [-0.2, -0.15) is 5.10 Å². The number of thioether (sulfide) groups is 1. The number of hydrogen-bond acceptors (Lipinski definition) is 5. The fourth-order valence-corrected chi connectivity index (χ4v) is 3.02. The third-order valence-corrected chi connectivity index (χ3v) is 4.58. The highest BCUT2D eigenvalue weighted by molar-refractivity contribution is 8.00. The van der Waals surface area contributed by atoms with E-state index in [-0.39, 0.29) is 17.2 Å². The first-order valence-electron chi connectivity index (χ1n) is 7.18. The number of aromatic nitrogens is 5. The molecule has 0 fully saturated rings. The van der Waals surface area contributed by atoms with Gasteiger partial charge in [0, 0.05) is 13.1 Å². The molecule has 2 aromatic heterocycles. The summed E-state index contributed by atoms with van der Waals surface area (Å²) >= 11 is 1.40. The van der Waals surface area contributed by atoms with E-state index in [9.17, 15) is 4.79 Å². The van der Waals surface area contributed by atoms with Gasteiger partial charge in [-0.05, 0) is 34.6 Å². The lowest BCUT2D eigenvalue weighted by molar-refractivity contribution is -0.115. The molecule has 2 aromatic rings. The molecule has 0 aromatic carbocycles. The number of amides is 1. The molecule has 8 heteroatoms. The van der Waals surface area contributed by atoms with Crippen molar-refractivity contribution in [1.29, 1.82) is 0 Å². The summed E-state index contributed by atoms with van der Waals surface area (Å²) in [6.07, 6.45) is 1.69. The Morgan fingerprint density at radius 1 is 1.32 bits per heavy atom. The number of rotatable bonds is 5. The second kappa shape index (κ2) is 6.51. The van der Waals surface area contributed by atoms with E-state index in [1.165, 1.54) is 11.8 Å². The Balaban J connectivity index is 2.08. The predicted octanol–water partition coefficient (Wildman–Crippen LogP) is 2.33. The highest BCUT2D eigenvalue weighted by Crippen LogP contribution is 2.25. The third-order valence-electron chi connectivity index (χ3n) is 3.51. The molecule has 1 N–H and O–H groups in total. The molecule has 0 bridgehead atoms. The second-order valence-corrected chi connectivity index (χ2v) is 6.84. The molecule has 0 aliphatic carbocycles. The maximum absolute atomic E-state index is 12.4. The standard InChI is InChI=1S/C14H22N6OS/c1-8(2)20-7-15-17-14(20)22-11(5)13(21)16-12-9(3)18-19(6)10(12)4/h7-8,11H,1-6H3,(H,16,21)/t11-/m0/s1. The van der Waals surface area contributed by atoms with Crippen LogP contribution in [0.4, 0.5) is 5.69 Å². The predicted molar refractivity (Wildman–Crippen MR) is 87.0 cm³/mol. The first kappa shape index (κ1) is 16.5. The highest BCUT2D eigenvalue weighted by Gasteiger charge is 2.21. The summed E-state index contributed by atoms with van der Waals surface area (Å²) in [4.78, 5) is 12.4. The van der Waals surface area contributed by atoms with E-state index < -0.39 is 0 Å². The summed E-state index contributed by atoms with van der Waals surface area (Å²) in [5.74, 6) is -0.0671.